The van der Waals surface area contributed by atoms with Crippen molar-refractivity contribution >= 4 is 18.0 Å². The van der Waals surface area contributed by atoms with Gasteiger partial charge in [0.1, 0.15) is 24.2 Å². The van der Waals surface area contributed by atoms with E-state index in [-0.39, 0.29) is 12.7 Å². The maximum Gasteiger partial charge on any atom is 0.343 e. The van der Waals surface area contributed by atoms with Crippen molar-refractivity contribution < 1.29 is 28.5 Å². The molecule has 0 aromatic heterocycles. The largest absolute Gasteiger partial charge is 0.497 e. The second-order valence-electron chi connectivity index (χ2n) is 5.61. The van der Waals surface area contributed by atoms with Crippen LogP contribution in [0.1, 0.15) is 15.9 Å². The van der Waals surface area contributed by atoms with E-state index in [0.29, 0.717) is 29.2 Å². The Morgan fingerprint density at radius 3 is 2.62 bits per heavy atom. The topological polar surface area (TPSA) is 74.4 Å². The molecule has 0 aliphatic carbocycles. The molecule has 6 heteroatoms. The van der Waals surface area contributed by atoms with Crippen molar-refractivity contribution in [2.45, 2.75) is 6.10 Å². The second-order valence-corrected chi connectivity index (χ2v) is 5.61. The molecule has 0 radical (unpaired) electrons. The predicted molar refractivity (Wildman–Crippen MR) is 94.1 cm³/mol. The molecule has 2 aromatic carbocycles. The molecular formula is C20H18O6. The lowest BCUT2D eigenvalue weighted by atomic mass is 10.2. The summed E-state index contributed by atoms with van der Waals surface area (Å²) < 4.78 is 20.4. The van der Waals surface area contributed by atoms with Gasteiger partial charge in [-0.05, 0) is 48.0 Å². The van der Waals surface area contributed by atoms with Crippen LogP contribution in [-0.2, 0) is 14.3 Å². The summed E-state index contributed by atoms with van der Waals surface area (Å²) in [6.07, 6.45) is 2.96. The van der Waals surface area contributed by atoms with Crippen LogP contribution in [0, 0.1) is 0 Å². The molecule has 0 spiro atoms. The number of hydrogen-bond acceptors (Lipinski definition) is 6. The van der Waals surface area contributed by atoms with Gasteiger partial charge in [-0.25, -0.2) is 9.59 Å². The monoisotopic (exact) mass is 354 g/mol. The number of ether oxygens (including phenoxy) is 4. The van der Waals surface area contributed by atoms with Gasteiger partial charge in [-0.15, -0.1) is 0 Å². The van der Waals surface area contributed by atoms with Gasteiger partial charge in [0.05, 0.1) is 19.3 Å². The van der Waals surface area contributed by atoms with Gasteiger partial charge in [-0.2, -0.15) is 0 Å². The number of methoxy groups -OCH3 is 1. The Bertz CT molecular complexity index is 805. The van der Waals surface area contributed by atoms with Gasteiger partial charge >= 0.3 is 11.9 Å². The average Bonchev–Trinajstić information content (AvgIpc) is 3.49. The Kier molecular flexibility index (Phi) is 5.66. The highest BCUT2D eigenvalue weighted by atomic mass is 16.6. The Hall–Kier alpha value is -3.12. The summed E-state index contributed by atoms with van der Waals surface area (Å²) in [4.78, 5) is 23.8. The second kappa shape index (κ2) is 8.31. The first-order chi connectivity index (χ1) is 12.6. The molecule has 26 heavy (non-hydrogen) atoms. The quantitative estimate of drug-likeness (QED) is 0.329. The van der Waals surface area contributed by atoms with Gasteiger partial charge in [0.2, 0.25) is 0 Å². The van der Waals surface area contributed by atoms with Crippen LogP contribution in [0.4, 0.5) is 0 Å². The Balaban J connectivity index is 1.58. The molecule has 134 valence electrons. The summed E-state index contributed by atoms with van der Waals surface area (Å²) in [5.74, 6) is 0.125. The number of hydrogen-bond donors (Lipinski definition) is 0. The van der Waals surface area contributed by atoms with E-state index in [4.69, 9.17) is 18.9 Å². The molecular weight excluding hydrogens is 336 g/mol. The molecule has 1 atom stereocenters. The van der Waals surface area contributed by atoms with Gasteiger partial charge in [0.15, 0.2) is 0 Å². The van der Waals surface area contributed by atoms with Gasteiger partial charge in [-0.3, -0.25) is 0 Å². The normalized spacial score (nSPS) is 15.5. The van der Waals surface area contributed by atoms with Crippen LogP contribution in [0.2, 0.25) is 0 Å². The number of epoxide rings is 1. The van der Waals surface area contributed by atoms with Crippen molar-refractivity contribution in [2.24, 2.45) is 0 Å². The first-order valence-electron chi connectivity index (χ1n) is 8.07. The lowest BCUT2D eigenvalue weighted by molar-refractivity contribution is -0.138. The van der Waals surface area contributed by atoms with E-state index < -0.39 is 11.9 Å². The van der Waals surface area contributed by atoms with Crippen LogP contribution in [0.25, 0.3) is 6.08 Å². The van der Waals surface area contributed by atoms with E-state index in [0.717, 1.165) is 0 Å². The maximum absolute atomic E-state index is 12.2. The fraction of sp³-hybridized carbons (Fsp3) is 0.200. The third-order valence-corrected chi connectivity index (χ3v) is 3.62. The minimum Gasteiger partial charge on any atom is -0.497 e. The van der Waals surface area contributed by atoms with Crippen molar-refractivity contribution in [1.82, 2.24) is 0 Å². The minimum atomic E-state index is -0.474. The Morgan fingerprint density at radius 2 is 1.92 bits per heavy atom. The summed E-state index contributed by atoms with van der Waals surface area (Å²) in [6.45, 7) is 0.904. The zero-order valence-corrected chi connectivity index (χ0v) is 14.2. The lowest BCUT2D eigenvalue weighted by Gasteiger charge is -2.06. The van der Waals surface area contributed by atoms with E-state index in [1.165, 1.54) is 6.08 Å². The minimum absolute atomic E-state index is 0.0352. The molecule has 0 N–H and O–H groups in total. The van der Waals surface area contributed by atoms with E-state index in [2.05, 4.69) is 0 Å². The number of rotatable bonds is 7. The summed E-state index contributed by atoms with van der Waals surface area (Å²) in [7, 11) is 1.56. The highest BCUT2D eigenvalue weighted by Crippen LogP contribution is 2.18. The number of carbonyl (C=O) groups excluding carboxylic acids is 2. The van der Waals surface area contributed by atoms with Gasteiger partial charge < -0.3 is 18.9 Å². The highest BCUT2D eigenvalue weighted by molar-refractivity contribution is 5.91. The smallest absolute Gasteiger partial charge is 0.343 e. The highest BCUT2D eigenvalue weighted by Gasteiger charge is 2.23. The van der Waals surface area contributed by atoms with Crippen LogP contribution < -0.4 is 9.47 Å². The number of esters is 2. The first kappa shape index (κ1) is 17.7. The molecule has 1 fully saturated rings. The first-order valence-corrected chi connectivity index (χ1v) is 8.07. The molecule has 0 amide bonds. The molecule has 1 aliphatic rings. The molecule has 0 bridgehead atoms. The third-order valence-electron chi connectivity index (χ3n) is 3.62. The molecule has 0 saturated carbocycles. The van der Waals surface area contributed by atoms with Crippen molar-refractivity contribution in [2.75, 3.05) is 20.3 Å². The Morgan fingerprint density at radius 1 is 1.15 bits per heavy atom. The molecule has 6 nitrogen and oxygen atoms in total. The van der Waals surface area contributed by atoms with Crippen molar-refractivity contribution in [1.29, 1.82) is 0 Å². The van der Waals surface area contributed by atoms with Gasteiger partial charge in [0, 0.05) is 6.08 Å². The van der Waals surface area contributed by atoms with E-state index in [1.54, 1.807) is 61.7 Å². The molecule has 1 saturated heterocycles. The van der Waals surface area contributed by atoms with E-state index in [9.17, 15) is 9.59 Å². The maximum atomic E-state index is 12.2. The molecule has 1 aliphatic heterocycles. The fourth-order valence-corrected chi connectivity index (χ4v) is 2.13. The fourth-order valence-electron chi connectivity index (χ4n) is 2.13. The standard InChI is InChI=1S/C20H18O6/c1-23-16-8-6-15(7-9-16)20(22)26-17-4-2-3-14(11-17)5-10-19(21)25-13-18-12-24-18/h2-11,18H,12-13H2,1H3/b10-5+. The summed E-state index contributed by atoms with van der Waals surface area (Å²) in [5, 5.41) is 0. The molecule has 1 unspecified atom stereocenters. The van der Waals surface area contributed by atoms with E-state index in [1.807, 2.05) is 0 Å². The van der Waals surface area contributed by atoms with Crippen LogP contribution in [0.3, 0.4) is 0 Å². The SMILES string of the molecule is COc1ccc(C(=O)Oc2cccc(/C=C/C(=O)OCC3CO3)c2)cc1. The third kappa shape index (κ3) is 5.19. The number of carbonyl (C=O) groups is 2. The summed E-state index contributed by atoms with van der Waals surface area (Å²) in [5.41, 5.74) is 1.13. The van der Waals surface area contributed by atoms with Crippen LogP contribution >= 0.6 is 0 Å². The predicted octanol–water partition coefficient (Wildman–Crippen LogP) is 2.87. The van der Waals surface area contributed by atoms with Crippen molar-refractivity contribution in [3.05, 3.63) is 65.7 Å². The average molecular weight is 354 g/mol. The summed E-state index contributed by atoms with van der Waals surface area (Å²) >= 11 is 0. The Labute approximate surface area is 150 Å². The number of benzene rings is 2. The summed E-state index contributed by atoms with van der Waals surface area (Å²) in [6, 6.07) is 13.5. The zero-order chi connectivity index (χ0) is 18.4. The molecule has 2 aromatic rings. The molecule has 1 heterocycles. The zero-order valence-electron chi connectivity index (χ0n) is 14.2. The van der Waals surface area contributed by atoms with Crippen molar-refractivity contribution in [3.8, 4) is 11.5 Å². The van der Waals surface area contributed by atoms with Gasteiger partial charge in [-0.1, -0.05) is 12.1 Å². The van der Waals surface area contributed by atoms with Gasteiger partial charge in [0.25, 0.3) is 0 Å². The molecule has 3 rings (SSSR count). The van der Waals surface area contributed by atoms with Crippen LogP contribution in [0.5, 0.6) is 11.5 Å². The van der Waals surface area contributed by atoms with Crippen LogP contribution in [-0.4, -0.2) is 38.4 Å². The van der Waals surface area contributed by atoms with Crippen molar-refractivity contribution in [3.63, 3.8) is 0 Å². The lowest BCUT2D eigenvalue weighted by Crippen LogP contribution is -2.08. The van der Waals surface area contributed by atoms with E-state index >= 15 is 0 Å². The van der Waals surface area contributed by atoms with Crippen LogP contribution in [0.15, 0.2) is 54.6 Å².